The summed E-state index contributed by atoms with van der Waals surface area (Å²) in [5.74, 6) is 0. The highest BCUT2D eigenvalue weighted by molar-refractivity contribution is 7.89. The predicted molar refractivity (Wildman–Crippen MR) is 78.7 cm³/mol. The van der Waals surface area contributed by atoms with Crippen molar-refractivity contribution >= 4 is 15.7 Å². The highest BCUT2D eigenvalue weighted by atomic mass is 32.2. The van der Waals surface area contributed by atoms with Crippen LogP contribution < -0.4 is 5.73 Å². The van der Waals surface area contributed by atoms with Gasteiger partial charge in [0.05, 0.1) is 4.90 Å². The molecular weight excluding hydrogens is 262 g/mol. The number of hydrogen-bond donors (Lipinski definition) is 1. The van der Waals surface area contributed by atoms with Gasteiger partial charge in [0.15, 0.2) is 0 Å². The van der Waals surface area contributed by atoms with E-state index in [1.165, 1.54) is 4.31 Å². The summed E-state index contributed by atoms with van der Waals surface area (Å²) < 4.78 is 26.4. The van der Waals surface area contributed by atoms with Crippen LogP contribution in [0.15, 0.2) is 17.0 Å². The number of likely N-dealkylation sites (N-methyl/N-ethyl adjacent to an activating group) is 2. The molecule has 1 aromatic rings. The summed E-state index contributed by atoms with van der Waals surface area (Å²) in [5.41, 5.74) is 7.83. The minimum Gasteiger partial charge on any atom is -0.398 e. The Labute approximate surface area is 116 Å². The third-order valence-corrected chi connectivity index (χ3v) is 5.08. The second kappa shape index (κ2) is 5.90. The quantitative estimate of drug-likeness (QED) is 0.822. The number of benzene rings is 1. The van der Waals surface area contributed by atoms with Gasteiger partial charge in [0.1, 0.15) is 0 Å². The Morgan fingerprint density at radius 3 is 2.21 bits per heavy atom. The lowest BCUT2D eigenvalue weighted by Gasteiger charge is -2.21. The molecular formula is C13H23N3O2S. The maximum absolute atomic E-state index is 12.5. The Hall–Kier alpha value is -1.11. The van der Waals surface area contributed by atoms with Crippen molar-refractivity contribution in [2.75, 3.05) is 40.0 Å². The SMILES string of the molecule is Cc1cc(N)c(C)c(S(=O)(=O)N(C)CCN(C)C)c1. The number of hydrogen-bond acceptors (Lipinski definition) is 4. The van der Waals surface area contributed by atoms with Crippen LogP contribution in [-0.4, -0.2) is 51.9 Å². The van der Waals surface area contributed by atoms with E-state index in [1.54, 1.807) is 26.1 Å². The minimum absolute atomic E-state index is 0.297. The maximum atomic E-state index is 12.5. The third-order valence-electron chi connectivity index (χ3n) is 3.09. The molecule has 0 spiro atoms. The van der Waals surface area contributed by atoms with E-state index < -0.39 is 10.0 Å². The van der Waals surface area contributed by atoms with Gasteiger partial charge in [0, 0.05) is 25.8 Å². The highest BCUT2D eigenvalue weighted by Gasteiger charge is 2.23. The molecule has 1 aromatic carbocycles. The second-order valence-corrected chi connectivity index (χ2v) is 7.12. The second-order valence-electron chi connectivity index (χ2n) is 5.11. The first-order valence-electron chi connectivity index (χ1n) is 6.14. The summed E-state index contributed by atoms with van der Waals surface area (Å²) in [6.07, 6.45) is 0. The molecule has 0 unspecified atom stereocenters. The average molecular weight is 285 g/mol. The number of nitrogens with two attached hydrogens (primary N) is 1. The lowest BCUT2D eigenvalue weighted by Crippen LogP contribution is -2.34. The molecule has 6 heteroatoms. The smallest absolute Gasteiger partial charge is 0.243 e. The van der Waals surface area contributed by atoms with Crippen molar-refractivity contribution in [2.24, 2.45) is 0 Å². The van der Waals surface area contributed by atoms with E-state index in [4.69, 9.17) is 5.73 Å². The van der Waals surface area contributed by atoms with Crippen molar-refractivity contribution in [3.63, 3.8) is 0 Å². The van der Waals surface area contributed by atoms with Gasteiger partial charge < -0.3 is 10.6 Å². The number of rotatable bonds is 5. The molecule has 0 atom stereocenters. The zero-order chi connectivity index (χ0) is 14.8. The van der Waals surface area contributed by atoms with Crippen molar-refractivity contribution in [1.29, 1.82) is 0 Å². The first-order chi connectivity index (χ1) is 8.66. The molecule has 0 aromatic heterocycles. The summed E-state index contributed by atoms with van der Waals surface area (Å²) in [5, 5.41) is 0. The predicted octanol–water partition coefficient (Wildman–Crippen LogP) is 1.07. The van der Waals surface area contributed by atoms with Crippen LogP contribution in [0.5, 0.6) is 0 Å². The zero-order valence-corrected chi connectivity index (χ0v) is 13.1. The van der Waals surface area contributed by atoms with Crippen LogP contribution in [0.3, 0.4) is 0 Å². The van der Waals surface area contributed by atoms with Crippen LogP contribution in [0.25, 0.3) is 0 Å². The van der Waals surface area contributed by atoms with Crippen molar-refractivity contribution in [3.05, 3.63) is 23.3 Å². The van der Waals surface area contributed by atoms with Gasteiger partial charge in [-0.3, -0.25) is 0 Å². The summed E-state index contributed by atoms with van der Waals surface area (Å²) >= 11 is 0. The standard InChI is InChI=1S/C13H23N3O2S/c1-10-8-12(14)11(2)13(9-10)19(17,18)16(5)7-6-15(3)4/h8-9H,6-7,14H2,1-5H3. The Balaban J connectivity index is 3.13. The molecule has 0 saturated carbocycles. The molecule has 0 heterocycles. The van der Waals surface area contributed by atoms with Gasteiger partial charge in [-0.15, -0.1) is 0 Å². The van der Waals surface area contributed by atoms with Crippen LogP contribution in [-0.2, 0) is 10.0 Å². The Kier molecular flexibility index (Phi) is 4.95. The molecule has 0 aliphatic carbocycles. The first kappa shape index (κ1) is 15.9. The normalized spacial score (nSPS) is 12.4. The molecule has 5 nitrogen and oxygen atoms in total. The molecule has 0 fully saturated rings. The Morgan fingerprint density at radius 1 is 1.11 bits per heavy atom. The lowest BCUT2D eigenvalue weighted by molar-refractivity contribution is 0.358. The van der Waals surface area contributed by atoms with Crippen molar-refractivity contribution in [3.8, 4) is 0 Å². The number of aryl methyl sites for hydroxylation is 1. The molecule has 0 radical (unpaired) electrons. The molecule has 108 valence electrons. The van der Waals surface area contributed by atoms with E-state index in [2.05, 4.69) is 0 Å². The number of nitrogen functional groups attached to an aromatic ring is 1. The molecule has 0 aliphatic rings. The van der Waals surface area contributed by atoms with Gasteiger partial charge in [-0.25, -0.2) is 8.42 Å². The van der Waals surface area contributed by atoms with E-state index in [1.807, 2.05) is 25.9 Å². The largest absolute Gasteiger partial charge is 0.398 e. The summed E-state index contributed by atoms with van der Waals surface area (Å²) in [6, 6.07) is 3.46. The van der Waals surface area contributed by atoms with Crippen LogP contribution in [0.1, 0.15) is 11.1 Å². The van der Waals surface area contributed by atoms with Gasteiger partial charge >= 0.3 is 0 Å². The number of nitrogens with zero attached hydrogens (tertiary/aromatic N) is 2. The van der Waals surface area contributed by atoms with E-state index in [0.29, 0.717) is 29.2 Å². The number of sulfonamides is 1. The average Bonchev–Trinajstić information content (AvgIpc) is 2.30. The van der Waals surface area contributed by atoms with E-state index >= 15 is 0 Å². The fraction of sp³-hybridized carbons (Fsp3) is 0.538. The summed E-state index contributed by atoms with van der Waals surface area (Å²) in [6.45, 7) is 4.70. The van der Waals surface area contributed by atoms with Crippen molar-refractivity contribution in [2.45, 2.75) is 18.7 Å². The molecule has 19 heavy (non-hydrogen) atoms. The van der Waals surface area contributed by atoms with E-state index in [9.17, 15) is 8.42 Å². The van der Waals surface area contributed by atoms with Gasteiger partial charge in [-0.05, 0) is 51.2 Å². The molecule has 0 amide bonds. The van der Waals surface area contributed by atoms with Gasteiger partial charge in [-0.2, -0.15) is 4.31 Å². The fourth-order valence-electron chi connectivity index (χ4n) is 1.75. The van der Waals surface area contributed by atoms with Gasteiger partial charge in [-0.1, -0.05) is 0 Å². The van der Waals surface area contributed by atoms with E-state index in [0.717, 1.165) is 5.56 Å². The van der Waals surface area contributed by atoms with Crippen LogP contribution in [0.4, 0.5) is 5.69 Å². The highest BCUT2D eigenvalue weighted by Crippen LogP contribution is 2.25. The summed E-state index contributed by atoms with van der Waals surface area (Å²) in [4.78, 5) is 2.25. The van der Waals surface area contributed by atoms with E-state index in [-0.39, 0.29) is 0 Å². The fourth-order valence-corrected chi connectivity index (χ4v) is 3.25. The lowest BCUT2D eigenvalue weighted by atomic mass is 10.1. The third kappa shape index (κ3) is 3.68. The number of anilines is 1. The molecule has 0 aliphatic heterocycles. The maximum Gasteiger partial charge on any atom is 0.243 e. The molecule has 0 saturated heterocycles. The van der Waals surface area contributed by atoms with Crippen LogP contribution in [0, 0.1) is 13.8 Å². The molecule has 0 bridgehead atoms. The topological polar surface area (TPSA) is 66.6 Å². The zero-order valence-electron chi connectivity index (χ0n) is 12.3. The Bertz CT molecular complexity index is 553. The van der Waals surface area contributed by atoms with Crippen LogP contribution >= 0.6 is 0 Å². The Morgan fingerprint density at radius 2 is 1.68 bits per heavy atom. The van der Waals surface area contributed by atoms with Gasteiger partial charge in [0.2, 0.25) is 10.0 Å². The summed E-state index contributed by atoms with van der Waals surface area (Å²) in [7, 11) is 1.94. The minimum atomic E-state index is -3.48. The van der Waals surface area contributed by atoms with Crippen molar-refractivity contribution in [1.82, 2.24) is 9.21 Å². The molecule has 2 N–H and O–H groups in total. The van der Waals surface area contributed by atoms with Gasteiger partial charge in [0.25, 0.3) is 0 Å². The molecule has 1 rings (SSSR count). The first-order valence-corrected chi connectivity index (χ1v) is 7.58. The van der Waals surface area contributed by atoms with Crippen LogP contribution in [0.2, 0.25) is 0 Å². The van der Waals surface area contributed by atoms with Crippen molar-refractivity contribution < 1.29 is 8.42 Å². The monoisotopic (exact) mass is 285 g/mol.